The van der Waals surface area contributed by atoms with E-state index in [1.54, 1.807) is 44.2 Å². The lowest BCUT2D eigenvalue weighted by molar-refractivity contribution is -0.130. The molecule has 0 aliphatic carbocycles. The summed E-state index contributed by atoms with van der Waals surface area (Å²) in [5, 5.41) is 3.34. The first kappa shape index (κ1) is 16.8. The maximum absolute atomic E-state index is 11.9. The lowest BCUT2D eigenvalue weighted by atomic mass is 10.3. The highest BCUT2D eigenvalue weighted by Gasteiger charge is 2.13. The molecule has 0 heterocycles. The maximum atomic E-state index is 11.9. The average molecular weight is 318 g/mol. The number of hydrogen-bond donors (Lipinski definition) is 1. The van der Waals surface area contributed by atoms with Crippen molar-refractivity contribution in [2.75, 3.05) is 39.5 Å². The van der Waals surface area contributed by atoms with Crippen LogP contribution >= 0.6 is 23.2 Å². The van der Waals surface area contributed by atoms with Crippen LogP contribution < -0.4 is 5.32 Å². The van der Waals surface area contributed by atoms with E-state index in [2.05, 4.69) is 5.32 Å². The van der Waals surface area contributed by atoms with Crippen molar-refractivity contribution >= 4 is 40.7 Å². The van der Waals surface area contributed by atoms with Crippen molar-refractivity contribution in [3.63, 3.8) is 0 Å². The minimum atomic E-state index is -0.261. The normalized spacial score (nSPS) is 10.5. The summed E-state index contributed by atoms with van der Waals surface area (Å²) in [6.45, 7) is 0.256. The van der Waals surface area contributed by atoms with Crippen LogP contribution in [0, 0.1) is 0 Å². The monoisotopic (exact) mass is 317 g/mol. The van der Waals surface area contributed by atoms with Crippen molar-refractivity contribution < 1.29 is 9.59 Å². The second kappa shape index (κ2) is 7.47. The van der Waals surface area contributed by atoms with Crippen molar-refractivity contribution in [2.24, 2.45) is 0 Å². The third-order valence-corrected chi connectivity index (χ3v) is 3.36. The molecule has 0 aromatic heterocycles. The van der Waals surface area contributed by atoms with Crippen LogP contribution in [0.25, 0.3) is 0 Å². The molecule has 0 fully saturated rings. The highest BCUT2D eigenvalue weighted by molar-refractivity contribution is 6.43. The Morgan fingerprint density at radius 2 is 1.80 bits per heavy atom. The number of rotatable bonds is 5. The molecule has 0 saturated carbocycles. The Balaban J connectivity index is 2.55. The zero-order valence-corrected chi connectivity index (χ0v) is 13.1. The number of carbonyl (C=O) groups excluding carboxylic acids is 2. The van der Waals surface area contributed by atoms with E-state index in [0.717, 1.165) is 0 Å². The van der Waals surface area contributed by atoms with Gasteiger partial charge in [-0.05, 0) is 19.2 Å². The number of carbonyl (C=O) groups is 2. The summed E-state index contributed by atoms with van der Waals surface area (Å²) in [5.41, 5.74) is 0.455. The van der Waals surface area contributed by atoms with E-state index in [9.17, 15) is 9.59 Å². The number of likely N-dealkylation sites (N-methyl/N-ethyl adjacent to an activating group) is 2. The SMILES string of the molecule is CN(CC(=O)Nc1cccc(Cl)c1Cl)CC(=O)N(C)C. The summed E-state index contributed by atoms with van der Waals surface area (Å²) < 4.78 is 0. The van der Waals surface area contributed by atoms with E-state index in [4.69, 9.17) is 23.2 Å². The summed E-state index contributed by atoms with van der Waals surface area (Å²) in [5.74, 6) is -0.329. The summed E-state index contributed by atoms with van der Waals surface area (Å²) >= 11 is 11.8. The van der Waals surface area contributed by atoms with Gasteiger partial charge in [-0.25, -0.2) is 0 Å². The fourth-order valence-electron chi connectivity index (χ4n) is 1.46. The van der Waals surface area contributed by atoms with Gasteiger partial charge in [0, 0.05) is 14.1 Å². The van der Waals surface area contributed by atoms with Crippen molar-refractivity contribution in [1.29, 1.82) is 0 Å². The lowest BCUT2D eigenvalue weighted by Gasteiger charge is -2.18. The number of nitrogens with zero attached hydrogens (tertiary/aromatic N) is 2. The smallest absolute Gasteiger partial charge is 0.238 e. The van der Waals surface area contributed by atoms with Crippen LogP contribution in [0.2, 0.25) is 10.0 Å². The molecule has 0 aliphatic heterocycles. The second-order valence-corrected chi connectivity index (χ2v) is 5.40. The first-order chi connectivity index (χ1) is 9.31. The molecule has 1 rings (SSSR count). The molecular weight excluding hydrogens is 301 g/mol. The van der Waals surface area contributed by atoms with Gasteiger partial charge in [0.15, 0.2) is 0 Å². The molecule has 0 bridgehead atoms. The van der Waals surface area contributed by atoms with Crippen molar-refractivity contribution in [2.45, 2.75) is 0 Å². The van der Waals surface area contributed by atoms with Crippen LogP contribution in [0.4, 0.5) is 5.69 Å². The quantitative estimate of drug-likeness (QED) is 0.903. The van der Waals surface area contributed by atoms with Crippen LogP contribution in [0.15, 0.2) is 18.2 Å². The largest absolute Gasteiger partial charge is 0.348 e. The van der Waals surface area contributed by atoms with Crippen LogP contribution in [0.1, 0.15) is 0 Å². The average Bonchev–Trinajstić information content (AvgIpc) is 2.34. The predicted octanol–water partition coefficient (Wildman–Crippen LogP) is 1.95. The summed E-state index contributed by atoms with van der Waals surface area (Å²) in [6.07, 6.45) is 0. The topological polar surface area (TPSA) is 52.7 Å². The predicted molar refractivity (Wildman–Crippen MR) is 81.3 cm³/mol. The highest BCUT2D eigenvalue weighted by Crippen LogP contribution is 2.29. The Morgan fingerprint density at radius 1 is 1.15 bits per heavy atom. The molecule has 1 N–H and O–H groups in total. The van der Waals surface area contributed by atoms with Gasteiger partial charge in [-0.1, -0.05) is 29.3 Å². The molecular formula is C13H17Cl2N3O2. The first-order valence-electron chi connectivity index (χ1n) is 5.94. The molecule has 7 heteroatoms. The zero-order valence-electron chi connectivity index (χ0n) is 11.6. The minimum Gasteiger partial charge on any atom is -0.348 e. The summed E-state index contributed by atoms with van der Waals surface area (Å²) in [7, 11) is 5.03. The molecule has 0 atom stereocenters. The van der Waals surface area contributed by atoms with E-state index in [1.165, 1.54) is 4.90 Å². The van der Waals surface area contributed by atoms with Gasteiger partial charge in [-0.15, -0.1) is 0 Å². The molecule has 0 aliphatic rings. The van der Waals surface area contributed by atoms with Gasteiger partial charge in [-0.2, -0.15) is 0 Å². The van der Waals surface area contributed by atoms with Gasteiger partial charge < -0.3 is 10.2 Å². The van der Waals surface area contributed by atoms with Gasteiger partial charge in [0.25, 0.3) is 0 Å². The van der Waals surface area contributed by atoms with Crippen molar-refractivity contribution in [1.82, 2.24) is 9.80 Å². The number of hydrogen-bond acceptors (Lipinski definition) is 3. The molecule has 2 amide bonds. The van der Waals surface area contributed by atoms with Gasteiger partial charge in [0.05, 0.1) is 28.8 Å². The standard InChI is InChI=1S/C13H17Cl2N3O2/c1-17(2)12(20)8-18(3)7-11(19)16-10-6-4-5-9(14)13(10)15/h4-6H,7-8H2,1-3H3,(H,16,19). The van der Waals surface area contributed by atoms with Crippen LogP contribution in [0.3, 0.4) is 0 Å². The Labute approximate surface area is 128 Å². The van der Waals surface area contributed by atoms with E-state index in [1.807, 2.05) is 0 Å². The number of benzene rings is 1. The number of anilines is 1. The summed E-state index contributed by atoms with van der Waals surface area (Å²) in [6, 6.07) is 5.00. The molecule has 5 nitrogen and oxygen atoms in total. The van der Waals surface area contributed by atoms with Gasteiger partial charge in [0.1, 0.15) is 0 Å². The molecule has 1 aromatic rings. The fourth-order valence-corrected chi connectivity index (χ4v) is 1.81. The molecule has 110 valence electrons. The Kier molecular flexibility index (Phi) is 6.26. The highest BCUT2D eigenvalue weighted by atomic mass is 35.5. The van der Waals surface area contributed by atoms with Crippen molar-refractivity contribution in [3.05, 3.63) is 28.2 Å². The fraction of sp³-hybridized carbons (Fsp3) is 0.385. The Morgan fingerprint density at radius 3 is 2.40 bits per heavy atom. The zero-order chi connectivity index (χ0) is 15.3. The number of amides is 2. The van der Waals surface area contributed by atoms with Gasteiger partial charge in [-0.3, -0.25) is 14.5 Å². The van der Waals surface area contributed by atoms with E-state index in [0.29, 0.717) is 15.7 Å². The molecule has 0 spiro atoms. The molecule has 0 saturated heterocycles. The minimum absolute atomic E-state index is 0.0684. The second-order valence-electron chi connectivity index (χ2n) is 4.61. The van der Waals surface area contributed by atoms with Gasteiger partial charge >= 0.3 is 0 Å². The first-order valence-corrected chi connectivity index (χ1v) is 6.69. The van der Waals surface area contributed by atoms with E-state index >= 15 is 0 Å². The lowest BCUT2D eigenvalue weighted by Crippen LogP contribution is -2.38. The number of halogens is 2. The van der Waals surface area contributed by atoms with Crippen LogP contribution in [-0.2, 0) is 9.59 Å². The molecule has 0 unspecified atom stereocenters. The maximum Gasteiger partial charge on any atom is 0.238 e. The Bertz CT molecular complexity index is 506. The third kappa shape index (κ3) is 5.00. The molecule has 0 radical (unpaired) electrons. The number of nitrogens with one attached hydrogen (secondary N) is 1. The van der Waals surface area contributed by atoms with Crippen LogP contribution in [-0.4, -0.2) is 55.8 Å². The van der Waals surface area contributed by atoms with Crippen molar-refractivity contribution in [3.8, 4) is 0 Å². The summed E-state index contributed by atoms with van der Waals surface area (Å²) in [4.78, 5) is 26.5. The van der Waals surface area contributed by atoms with Gasteiger partial charge in [0.2, 0.25) is 11.8 Å². The third-order valence-electron chi connectivity index (χ3n) is 2.54. The molecule has 20 heavy (non-hydrogen) atoms. The Hall–Kier alpha value is -1.30. The molecule has 1 aromatic carbocycles. The van der Waals surface area contributed by atoms with Crippen LogP contribution in [0.5, 0.6) is 0 Å². The van der Waals surface area contributed by atoms with E-state index < -0.39 is 0 Å². The van der Waals surface area contributed by atoms with E-state index in [-0.39, 0.29) is 24.9 Å².